The molecule has 0 fully saturated rings. The Morgan fingerprint density at radius 2 is 1.26 bits per heavy atom. The summed E-state index contributed by atoms with van der Waals surface area (Å²) in [5, 5.41) is 4.95. The smallest absolute Gasteiger partial charge is 0.337 e. The number of benzene rings is 2. The van der Waals surface area contributed by atoms with E-state index in [9.17, 15) is 14.4 Å². The second-order valence-electron chi connectivity index (χ2n) is 4.48. The van der Waals surface area contributed by atoms with Crippen molar-refractivity contribution < 1.29 is 19.1 Å². The van der Waals surface area contributed by atoms with E-state index in [1.165, 1.54) is 31.4 Å². The third-order valence-corrected chi connectivity index (χ3v) is 3.59. The van der Waals surface area contributed by atoms with E-state index >= 15 is 0 Å². The third kappa shape index (κ3) is 4.78. The number of hydrogen-bond acceptors (Lipinski definition) is 4. The molecule has 0 aliphatic carbocycles. The van der Waals surface area contributed by atoms with Crippen LogP contribution >= 0.6 is 22.6 Å². The first-order valence-electron chi connectivity index (χ1n) is 6.56. The zero-order valence-corrected chi connectivity index (χ0v) is 14.3. The van der Waals surface area contributed by atoms with Gasteiger partial charge in [0, 0.05) is 14.9 Å². The molecular formula is C16H13IN2O4. The largest absolute Gasteiger partial charge is 0.465 e. The Morgan fingerprint density at radius 3 is 1.70 bits per heavy atom. The molecule has 0 aliphatic rings. The van der Waals surface area contributed by atoms with Crippen LogP contribution < -0.4 is 10.6 Å². The molecular weight excluding hydrogens is 411 g/mol. The highest BCUT2D eigenvalue weighted by Gasteiger charge is 2.14. The van der Waals surface area contributed by atoms with Crippen LogP contribution in [0.25, 0.3) is 0 Å². The van der Waals surface area contributed by atoms with Gasteiger partial charge in [0.05, 0.1) is 12.7 Å². The van der Waals surface area contributed by atoms with Crippen molar-refractivity contribution in [2.75, 3.05) is 17.7 Å². The minimum absolute atomic E-state index is 0.355. The zero-order valence-electron chi connectivity index (χ0n) is 12.1. The van der Waals surface area contributed by atoms with Crippen LogP contribution in [0.3, 0.4) is 0 Å². The van der Waals surface area contributed by atoms with Gasteiger partial charge in [-0.2, -0.15) is 0 Å². The van der Waals surface area contributed by atoms with E-state index in [-0.39, 0.29) is 0 Å². The van der Waals surface area contributed by atoms with Gasteiger partial charge in [-0.25, -0.2) is 4.79 Å². The molecule has 23 heavy (non-hydrogen) atoms. The molecule has 0 saturated heterocycles. The number of nitrogens with one attached hydrogen (secondary N) is 2. The summed E-state index contributed by atoms with van der Waals surface area (Å²) < 4.78 is 5.60. The second-order valence-corrected chi connectivity index (χ2v) is 5.73. The van der Waals surface area contributed by atoms with Crippen molar-refractivity contribution in [1.82, 2.24) is 0 Å². The van der Waals surface area contributed by atoms with E-state index in [0.717, 1.165) is 3.57 Å². The summed E-state index contributed by atoms with van der Waals surface area (Å²) in [6, 6.07) is 13.1. The van der Waals surface area contributed by atoms with Gasteiger partial charge in [-0.15, -0.1) is 0 Å². The molecule has 0 spiro atoms. The van der Waals surface area contributed by atoms with Crippen LogP contribution in [0.1, 0.15) is 10.4 Å². The molecule has 0 unspecified atom stereocenters. The van der Waals surface area contributed by atoms with Crippen LogP contribution in [0.2, 0.25) is 0 Å². The number of carbonyl (C=O) groups excluding carboxylic acids is 3. The predicted molar refractivity (Wildman–Crippen MR) is 94.2 cm³/mol. The molecule has 2 aromatic rings. The van der Waals surface area contributed by atoms with E-state index in [0.29, 0.717) is 16.9 Å². The molecule has 7 heteroatoms. The average molecular weight is 424 g/mol. The van der Waals surface area contributed by atoms with E-state index in [1.807, 2.05) is 12.1 Å². The van der Waals surface area contributed by atoms with Crippen molar-refractivity contribution in [3.8, 4) is 0 Å². The summed E-state index contributed by atoms with van der Waals surface area (Å²) in [4.78, 5) is 35.0. The maximum absolute atomic E-state index is 11.8. The number of halogens is 1. The van der Waals surface area contributed by atoms with Crippen molar-refractivity contribution >= 4 is 51.7 Å². The molecule has 0 atom stereocenters. The van der Waals surface area contributed by atoms with Crippen LogP contribution in [-0.4, -0.2) is 24.9 Å². The minimum Gasteiger partial charge on any atom is -0.465 e. The van der Waals surface area contributed by atoms with Gasteiger partial charge < -0.3 is 15.4 Å². The van der Waals surface area contributed by atoms with Crippen molar-refractivity contribution in [1.29, 1.82) is 0 Å². The summed E-state index contributed by atoms with van der Waals surface area (Å²) in [6.07, 6.45) is 0. The molecule has 0 heterocycles. The molecule has 118 valence electrons. The SMILES string of the molecule is COC(=O)c1ccc(NC(=O)C(=O)Nc2ccc(I)cc2)cc1. The van der Waals surface area contributed by atoms with E-state index in [1.54, 1.807) is 12.1 Å². The standard InChI is InChI=1S/C16H13IN2O4/c1-23-16(22)10-2-6-12(7-3-10)18-14(20)15(21)19-13-8-4-11(17)5-9-13/h2-9H,1H3,(H,18,20)(H,19,21). The maximum Gasteiger partial charge on any atom is 0.337 e. The molecule has 6 nitrogen and oxygen atoms in total. The monoisotopic (exact) mass is 424 g/mol. The van der Waals surface area contributed by atoms with Crippen molar-refractivity contribution in [3.63, 3.8) is 0 Å². The Kier molecular flexibility index (Phi) is 5.69. The van der Waals surface area contributed by atoms with Gasteiger partial charge in [0.15, 0.2) is 0 Å². The number of ether oxygens (including phenoxy) is 1. The van der Waals surface area contributed by atoms with Crippen molar-refractivity contribution in [2.45, 2.75) is 0 Å². The number of hydrogen-bond donors (Lipinski definition) is 2. The van der Waals surface area contributed by atoms with E-state index < -0.39 is 17.8 Å². The fraction of sp³-hybridized carbons (Fsp3) is 0.0625. The lowest BCUT2D eigenvalue weighted by molar-refractivity contribution is -0.132. The Hall–Kier alpha value is -2.42. The third-order valence-electron chi connectivity index (χ3n) is 2.87. The Morgan fingerprint density at radius 1 is 0.826 bits per heavy atom. The Labute approximate surface area is 146 Å². The summed E-state index contributed by atoms with van der Waals surface area (Å²) in [5.74, 6) is -2.04. The van der Waals surface area contributed by atoms with Crippen LogP contribution in [0, 0.1) is 3.57 Å². The van der Waals surface area contributed by atoms with Crippen LogP contribution in [0.4, 0.5) is 11.4 Å². The molecule has 0 radical (unpaired) electrons. The van der Waals surface area contributed by atoms with Gasteiger partial charge in [-0.05, 0) is 71.1 Å². The number of carbonyl (C=O) groups is 3. The summed E-state index contributed by atoms with van der Waals surface area (Å²) in [6.45, 7) is 0. The van der Waals surface area contributed by atoms with Gasteiger partial charge in [-0.3, -0.25) is 9.59 Å². The predicted octanol–water partition coefficient (Wildman–Crippen LogP) is 2.66. The second kappa shape index (κ2) is 7.73. The van der Waals surface area contributed by atoms with Gasteiger partial charge in [0.2, 0.25) is 0 Å². The van der Waals surface area contributed by atoms with Crippen LogP contribution in [0.5, 0.6) is 0 Å². The molecule has 0 bridgehead atoms. The van der Waals surface area contributed by atoms with E-state index in [2.05, 4.69) is 38.0 Å². The molecule has 0 aliphatic heterocycles. The van der Waals surface area contributed by atoms with E-state index in [4.69, 9.17) is 0 Å². The first-order valence-corrected chi connectivity index (χ1v) is 7.64. The fourth-order valence-corrected chi connectivity index (χ4v) is 2.08. The highest BCUT2D eigenvalue weighted by Crippen LogP contribution is 2.12. The van der Waals surface area contributed by atoms with Crippen LogP contribution in [-0.2, 0) is 14.3 Å². The normalized spacial score (nSPS) is 9.83. The number of amides is 2. The van der Waals surface area contributed by atoms with Gasteiger partial charge >= 0.3 is 17.8 Å². The fourth-order valence-electron chi connectivity index (χ4n) is 1.72. The molecule has 2 amide bonds. The summed E-state index contributed by atoms with van der Waals surface area (Å²) in [5.41, 5.74) is 1.29. The van der Waals surface area contributed by atoms with Gasteiger partial charge in [0.25, 0.3) is 0 Å². The van der Waals surface area contributed by atoms with Gasteiger partial charge in [-0.1, -0.05) is 0 Å². The average Bonchev–Trinajstić information content (AvgIpc) is 2.56. The number of esters is 1. The summed E-state index contributed by atoms with van der Waals surface area (Å²) >= 11 is 2.14. The minimum atomic E-state index is -0.797. The molecule has 2 N–H and O–H groups in total. The molecule has 2 aromatic carbocycles. The highest BCUT2D eigenvalue weighted by atomic mass is 127. The lowest BCUT2D eigenvalue weighted by atomic mass is 10.2. The Balaban J connectivity index is 1.96. The highest BCUT2D eigenvalue weighted by molar-refractivity contribution is 14.1. The lowest BCUT2D eigenvalue weighted by Gasteiger charge is -2.07. The van der Waals surface area contributed by atoms with Crippen molar-refractivity contribution in [3.05, 3.63) is 57.7 Å². The van der Waals surface area contributed by atoms with Crippen molar-refractivity contribution in [2.24, 2.45) is 0 Å². The number of rotatable bonds is 3. The first kappa shape index (κ1) is 16.9. The molecule has 0 aromatic heterocycles. The summed E-state index contributed by atoms with van der Waals surface area (Å²) in [7, 11) is 1.28. The Bertz CT molecular complexity index is 727. The van der Waals surface area contributed by atoms with Crippen LogP contribution in [0.15, 0.2) is 48.5 Å². The zero-order chi connectivity index (χ0) is 16.8. The maximum atomic E-state index is 11.8. The number of anilines is 2. The number of methoxy groups -OCH3 is 1. The molecule has 2 rings (SSSR count). The first-order chi connectivity index (χ1) is 11.0. The molecule has 0 saturated carbocycles. The lowest BCUT2D eigenvalue weighted by Crippen LogP contribution is -2.29. The topological polar surface area (TPSA) is 84.5 Å². The quantitative estimate of drug-likeness (QED) is 0.451. The van der Waals surface area contributed by atoms with Gasteiger partial charge in [0.1, 0.15) is 0 Å².